The summed E-state index contributed by atoms with van der Waals surface area (Å²) in [6.07, 6.45) is 0.909. The van der Waals surface area contributed by atoms with Gasteiger partial charge in [0.15, 0.2) is 5.75 Å². The van der Waals surface area contributed by atoms with Crippen LogP contribution < -0.4 is 10.1 Å². The lowest BCUT2D eigenvalue weighted by Crippen LogP contribution is -2.25. The number of nitro groups is 1. The van der Waals surface area contributed by atoms with Crippen LogP contribution in [0.5, 0.6) is 5.75 Å². The molecule has 0 aliphatic rings. The van der Waals surface area contributed by atoms with Gasteiger partial charge in [0, 0.05) is 6.04 Å². The topological polar surface area (TPSA) is 64.4 Å². The van der Waals surface area contributed by atoms with Crippen LogP contribution in [0.1, 0.15) is 27.2 Å². The molecule has 1 aromatic rings. The van der Waals surface area contributed by atoms with Gasteiger partial charge in [0.25, 0.3) is 0 Å². The molecule has 0 amide bonds. The maximum absolute atomic E-state index is 11.1. The van der Waals surface area contributed by atoms with E-state index in [0.717, 1.165) is 6.42 Å². The fraction of sp³-hybridized carbons (Fsp3) is 0.538. The zero-order chi connectivity index (χ0) is 13.7. The van der Waals surface area contributed by atoms with Crippen molar-refractivity contribution in [3.63, 3.8) is 0 Å². The summed E-state index contributed by atoms with van der Waals surface area (Å²) in [5.41, 5.74) is 0.513. The molecule has 1 N–H and O–H groups in total. The number of methoxy groups -OCH3 is 1. The van der Waals surface area contributed by atoms with Crippen molar-refractivity contribution in [2.24, 2.45) is 5.92 Å². The molecule has 0 spiro atoms. The minimum Gasteiger partial charge on any atom is -0.490 e. The lowest BCUT2D eigenvalue weighted by molar-refractivity contribution is -0.384. The van der Waals surface area contributed by atoms with Crippen LogP contribution in [-0.2, 0) is 0 Å². The summed E-state index contributed by atoms with van der Waals surface area (Å²) in [4.78, 5) is 10.7. The van der Waals surface area contributed by atoms with E-state index in [2.05, 4.69) is 26.1 Å². The van der Waals surface area contributed by atoms with Gasteiger partial charge < -0.3 is 10.1 Å². The maximum atomic E-state index is 11.1. The first-order valence-electron chi connectivity index (χ1n) is 6.09. The molecular formula is C13H20N2O3. The van der Waals surface area contributed by atoms with E-state index < -0.39 is 4.92 Å². The molecular weight excluding hydrogens is 232 g/mol. The second-order valence-corrected chi connectivity index (χ2v) is 4.52. The van der Waals surface area contributed by atoms with Crippen LogP contribution in [0.15, 0.2) is 18.2 Å². The van der Waals surface area contributed by atoms with Crippen LogP contribution in [0.3, 0.4) is 0 Å². The van der Waals surface area contributed by atoms with Crippen LogP contribution in [-0.4, -0.2) is 18.1 Å². The van der Waals surface area contributed by atoms with E-state index in [9.17, 15) is 10.1 Å². The number of hydrogen-bond donors (Lipinski definition) is 1. The Labute approximate surface area is 107 Å². The second kappa shape index (κ2) is 6.23. The number of anilines is 1. The molecule has 0 radical (unpaired) electrons. The standard InChI is InChI=1S/C13H20N2O3/c1-5-10(9(2)3)14-11-7-6-8-12(18-4)13(11)15(16)17/h6-10,14H,5H2,1-4H3. The van der Waals surface area contributed by atoms with E-state index in [1.54, 1.807) is 18.2 Å². The van der Waals surface area contributed by atoms with Gasteiger partial charge in [-0.3, -0.25) is 10.1 Å². The number of para-hydroxylation sites is 1. The van der Waals surface area contributed by atoms with Crippen LogP contribution in [0, 0.1) is 16.0 Å². The third-order valence-electron chi connectivity index (χ3n) is 2.99. The smallest absolute Gasteiger partial charge is 0.333 e. The number of benzene rings is 1. The molecule has 0 bridgehead atoms. The van der Waals surface area contributed by atoms with E-state index in [0.29, 0.717) is 11.6 Å². The van der Waals surface area contributed by atoms with Gasteiger partial charge in [0.1, 0.15) is 5.69 Å². The van der Waals surface area contributed by atoms with Crippen molar-refractivity contribution in [3.05, 3.63) is 28.3 Å². The highest BCUT2D eigenvalue weighted by Crippen LogP contribution is 2.35. The first kappa shape index (κ1) is 14.3. The Morgan fingerprint density at radius 2 is 2.11 bits per heavy atom. The summed E-state index contributed by atoms with van der Waals surface area (Å²) in [6, 6.07) is 5.27. The van der Waals surface area contributed by atoms with Gasteiger partial charge in [0.05, 0.1) is 12.0 Å². The highest BCUT2D eigenvalue weighted by atomic mass is 16.6. The molecule has 1 atom stereocenters. The number of rotatable bonds is 6. The van der Waals surface area contributed by atoms with Gasteiger partial charge in [-0.2, -0.15) is 0 Å². The minimum absolute atomic E-state index is 0.000833. The number of nitrogens with one attached hydrogen (secondary N) is 1. The van der Waals surface area contributed by atoms with Crippen molar-refractivity contribution in [1.82, 2.24) is 0 Å². The van der Waals surface area contributed by atoms with Gasteiger partial charge in [-0.05, 0) is 24.5 Å². The molecule has 100 valence electrons. The third-order valence-corrected chi connectivity index (χ3v) is 2.99. The molecule has 0 aliphatic heterocycles. The summed E-state index contributed by atoms with van der Waals surface area (Å²) in [5, 5.41) is 14.4. The van der Waals surface area contributed by atoms with Crippen LogP contribution in [0.4, 0.5) is 11.4 Å². The Balaban J connectivity index is 3.12. The average Bonchev–Trinajstić information content (AvgIpc) is 2.34. The Morgan fingerprint density at radius 3 is 2.56 bits per heavy atom. The van der Waals surface area contributed by atoms with Gasteiger partial charge in [-0.15, -0.1) is 0 Å². The Hall–Kier alpha value is -1.78. The predicted molar refractivity (Wildman–Crippen MR) is 72.2 cm³/mol. The summed E-state index contributed by atoms with van der Waals surface area (Å²) < 4.78 is 5.04. The van der Waals surface area contributed by atoms with Gasteiger partial charge in [-0.25, -0.2) is 0 Å². The number of hydrogen-bond acceptors (Lipinski definition) is 4. The summed E-state index contributed by atoms with van der Waals surface area (Å²) in [5.74, 6) is 0.685. The van der Waals surface area contributed by atoms with Crippen molar-refractivity contribution in [2.45, 2.75) is 33.2 Å². The largest absolute Gasteiger partial charge is 0.490 e. The van der Waals surface area contributed by atoms with Crippen LogP contribution in [0.2, 0.25) is 0 Å². The van der Waals surface area contributed by atoms with E-state index in [1.165, 1.54) is 7.11 Å². The molecule has 0 aliphatic carbocycles. The second-order valence-electron chi connectivity index (χ2n) is 4.52. The van der Waals surface area contributed by atoms with Crippen molar-refractivity contribution in [2.75, 3.05) is 12.4 Å². The summed E-state index contributed by atoms with van der Waals surface area (Å²) in [7, 11) is 1.44. The maximum Gasteiger partial charge on any atom is 0.333 e. The average molecular weight is 252 g/mol. The predicted octanol–water partition coefficient (Wildman–Crippen LogP) is 3.45. The third kappa shape index (κ3) is 3.12. The van der Waals surface area contributed by atoms with E-state index in [1.807, 2.05) is 0 Å². The van der Waals surface area contributed by atoms with Crippen LogP contribution in [0.25, 0.3) is 0 Å². The van der Waals surface area contributed by atoms with E-state index in [-0.39, 0.29) is 17.5 Å². The van der Waals surface area contributed by atoms with Gasteiger partial charge >= 0.3 is 5.69 Å². The Morgan fingerprint density at radius 1 is 1.44 bits per heavy atom. The SMILES string of the molecule is CCC(Nc1cccc(OC)c1[N+](=O)[O-])C(C)C. The Bertz CT molecular complexity index is 419. The van der Waals surface area contributed by atoms with Crippen molar-refractivity contribution >= 4 is 11.4 Å². The summed E-state index contributed by atoms with van der Waals surface area (Å²) in [6.45, 7) is 6.24. The quantitative estimate of drug-likeness (QED) is 0.622. The molecule has 0 saturated carbocycles. The molecule has 0 fully saturated rings. The number of ether oxygens (including phenoxy) is 1. The van der Waals surface area contributed by atoms with Gasteiger partial charge in [-0.1, -0.05) is 26.8 Å². The fourth-order valence-corrected chi connectivity index (χ4v) is 1.93. The lowest BCUT2D eigenvalue weighted by atomic mass is 10.0. The van der Waals surface area contributed by atoms with Crippen molar-refractivity contribution in [3.8, 4) is 5.75 Å². The molecule has 1 aromatic carbocycles. The monoisotopic (exact) mass is 252 g/mol. The highest BCUT2D eigenvalue weighted by molar-refractivity contribution is 5.68. The zero-order valence-electron chi connectivity index (χ0n) is 11.3. The molecule has 18 heavy (non-hydrogen) atoms. The molecule has 5 heteroatoms. The first-order chi connectivity index (χ1) is 8.51. The van der Waals surface area contributed by atoms with E-state index in [4.69, 9.17) is 4.74 Å². The first-order valence-corrected chi connectivity index (χ1v) is 6.09. The molecule has 0 heterocycles. The van der Waals surface area contributed by atoms with Gasteiger partial charge in [0.2, 0.25) is 0 Å². The summed E-state index contributed by atoms with van der Waals surface area (Å²) >= 11 is 0. The number of nitro benzene ring substituents is 1. The molecule has 5 nitrogen and oxygen atoms in total. The normalized spacial score (nSPS) is 12.3. The fourth-order valence-electron chi connectivity index (χ4n) is 1.93. The molecule has 0 saturated heterocycles. The van der Waals surface area contributed by atoms with Crippen LogP contribution >= 0.6 is 0 Å². The van der Waals surface area contributed by atoms with Crippen molar-refractivity contribution < 1.29 is 9.66 Å². The lowest BCUT2D eigenvalue weighted by Gasteiger charge is -2.22. The van der Waals surface area contributed by atoms with Crippen molar-refractivity contribution in [1.29, 1.82) is 0 Å². The van der Waals surface area contributed by atoms with E-state index >= 15 is 0 Å². The highest BCUT2D eigenvalue weighted by Gasteiger charge is 2.22. The minimum atomic E-state index is -0.409. The molecule has 0 aromatic heterocycles. The Kier molecular flexibility index (Phi) is 4.95. The molecule has 1 rings (SSSR count). The zero-order valence-corrected chi connectivity index (χ0v) is 11.3. The number of nitrogens with zero attached hydrogens (tertiary/aromatic N) is 1. The molecule has 1 unspecified atom stereocenters.